The standard InChI is InChI=1S/C8H5Br3FNO/c9-8(10,11)7(14)13-6-4-2-1-3-5(6)12/h1-4H,(H,13,14). The van der Waals surface area contributed by atoms with E-state index in [1.807, 2.05) is 0 Å². The van der Waals surface area contributed by atoms with Crippen molar-refractivity contribution in [3.05, 3.63) is 30.1 Å². The van der Waals surface area contributed by atoms with Crippen molar-refractivity contribution >= 4 is 59.4 Å². The van der Waals surface area contributed by atoms with Gasteiger partial charge in [-0.3, -0.25) is 4.79 Å². The minimum Gasteiger partial charge on any atom is -0.321 e. The minimum atomic E-state index is -1.07. The molecule has 0 aliphatic carbocycles. The Morgan fingerprint density at radius 3 is 2.36 bits per heavy atom. The Balaban J connectivity index is 2.80. The van der Waals surface area contributed by atoms with Crippen LogP contribution in [0.2, 0.25) is 0 Å². The Labute approximate surface area is 106 Å². The summed E-state index contributed by atoms with van der Waals surface area (Å²) in [7, 11) is 0. The summed E-state index contributed by atoms with van der Waals surface area (Å²) in [6.07, 6.45) is 0. The van der Waals surface area contributed by atoms with Crippen LogP contribution in [-0.4, -0.2) is 8.05 Å². The number of hydrogen-bond acceptors (Lipinski definition) is 1. The van der Waals surface area contributed by atoms with Gasteiger partial charge in [0.1, 0.15) is 5.82 Å². The lowest BCUT2D eigenvalue weighted by atomic mass is 10.3. The molecular weight excluding hydrogens is 385 g/mol. The lowest BCUT2D eigenvalue weighted by Crippen LogP contribution is -2.25. The molecule has 0 fully saturated rings. The fourth-order valence-corrected chi connectivity index (χ4v) is 1.05. The second kappa shape index (κ2) is 4.72. The third-order valence-corrected chi connectivity index (χ3v) is 2.46. The van der Waals surface area contributed by atoms with Gasteiger partial charge in [0.2, 0.25) is 2.14 Å². The number of alkyl halides is 3. The lowest BCUT2D eigenvalue weighted by Gasteiger charge is -2.12. The summed E-state index contributed by atoms with van der Waals surface area (Å²) in [4.78, 5) is 11.4. The van der Waals surface area contributed by atoms with Crippen LogP contribution in [-0.2, 0) is 4.79 Å². The van der Waals surface area contributed by atoms with Gasteiger partial charge in [0, 0.05) is 0 Å². The highest BCUT2D eigenvalue weighted by atomic mass is 80.0. The van der Waals surface area contributed by atoms with Crippen molar-refractivity contribution in [3.63, 3.8) is 0 Å². The highest BCUT2D eigenvalue weighted by molar-refractivity contribution is 9.40. The summed E-state index contributed by atoms with van der Waals surface area (Å²) < 4.78 is 12.0. The third kappa shape index (κ3) is 3.33. The number of nitrogens with one attached hydrogen (secondary N) is 1. The molecule has 0 radical (unpaired) electrons. The fourth-order valence-electron chi connectivity index (χ4n) is 0.756. The number of amides is 1. The molecule has 0 spiro atoms. The van der Waals surface area contributed by atoms with Gasteiger partial charge in [-0.2, -0.15) is 0 Å². The van der Waals surface area contributed by atoms with Crippen LogP contribution in [0.1, 0.15) is 0 Å². The molecule has 1 aromatic rings. The van der Waals surface area contributed by atoms with Gasteiger partial charge in [0.05, 0.1) is 5.69 Å². The first-order chi connectivity index (χ1) is 6.41. The first-order valence-corrected chi connectivity index (χ1v) is 5.92. The van der Waals surface area contributed by atoms with E-state index in [0.717, 1.165) is 0 Å². The highest BCUT2D eigenvalue weighted by Gasteiger charge is 2.28. The largest absolute Gasteiger partial charge is 0.321 e. The molecule has 0 aliphatic heterocycles. The first-order valence-electron chi connectivity index (χ1n) is 3.54. The predicted octanol–water partition coefficient (Wildman–Crippen LogP) is 3.60. The summed E-state index contributed by atoms with van der Waals surface area (Å²) in [6.45, 7) is 0. The van der Waals surface area contributed by atoms with Crippen LogP contribution < -0.4 is 5.32 Å². The van der Waals surface area contributed by atoms with Crippen molar-refractivity contribution in [1.29, 1.82) is 0 Å². The smallest absolute Gasteiger partial charge is 0.263 e. The molecule has 1 amide bonds. The van der Waals surface area contributed by atoms with E-state index in [1.165, 1.54) is 12.1 Å². The number of para-hydroxylation sites is 1. The Morgan fingerprint density at radius 1 is 1.29 bits per heavy atom. The van der Waals surface area contributed by atoms with Crippen molar-refractivity contribution in [2.24, 2.45) is 0 Å². The summed E-state index contributed by atoms with van der Waals surface area (Å²) in [5.74, 6) is -0.916. The van der Waals surface area contributed by atoms with E-state index in [-0.39, 0.29) is 5.69 Å². The molecule has 14 heavy (non-hydrogen) atoms. The molecule has 0 saturated carbocycles. The van der Waals surface area contributed by atoms with Gasteiger partial charge in [0.25, 0.3) is 5.91 Å². The normalized spacial score (nSPS) is 11.1. The Kier molecular flexibility index (Phi) is 4.09. The molecule has 0 saturated heterocycles. The molecule has 76 valence electrons. The van der Waals surface area contributed by atoms with E-state index in [1.54, 1.807) is 12.1 Å². The monoisotopic (exact) mass is 387 g/mol. The first kappa shape index (κ1) is 12.1. The van der Waals surface area contributed by atoms with Crippen molar-refractivity contribution in [2.45, 2.75) is 2.14 Å². The van der Waals surface area contributed by atoms with Gasteiger partial charge in [0.15, 0.2) is 0 Å². The van der Waals surface area contributed by atoms with Crippen molar-refractivity contribution in [2.75, 3.05) is 5.32 Å². The minimum absolute atomic E-state index is 0.139. The van der Waals surface area contributed by atoms with E-state index in [9.17, 15) is 9.18 Å². The Bertz CT molecular complexity index is 351. The van der Waals surface area contributed by atoms with Gasteiger partial charge in [-0.05, 0) is 59.9 Å². The Morgan fingerprint density at radius 2 is 1.86 bits per heavy atom. The quantitative estimate of drug-likeness (QED) is 0.730. The number of benzene rings is 1. The van der Waals surface area contributed by atoms with E-state index in [2.05, 4.69) is 53.1 Å². The SMILES string of the molecule is O=C(Nc1ccccc1F)C(Br)(Br)Br. The van der Waals surface area contributed by atoms with E-state index in [0.29, 0.717) is 0 Å². The van der Waals surface area contributed by atoms with Crippen LogP contribution in [0.5, 0.6) is 0 Å². The zero-order valence-electron chi connectivity index (χ0n) is 6.73. The van der Waals surface area contributed by atoms with Crippen LogP contribution >= 0.6 is 47.8 Å². The van der Waals surface area contributed by atoms with Gasteiger partial charge < -0.3 is 5.32 Å². The van der Waals surface area contributed by atoms with E-state index >= 15 is 0 Å². The average Bonchev–Trinajstić information content (AvgIpc) is 2.07. The topological polar surface area (TPSA) is 29.1 Å². The van der Waals surface area contributed by atoms with Crippen LogP contribution in [0.3, 0.4) is 0 Å². The molecule has 0 bridgehead atoms. The van der Waals surface area contributed by atoms with Gasteiger partial charge >= 0.3 is 0 Å². The zero-order chi connectivity index (χ0) is 10.8. The fraction of sp³-hybridized carbons (Fsp3) is 0.125. The predicted molar refractivity (Wildman–Crippen MR) is 64.5 cm³/mol. The molecule has 0 aliphatic rings. The number of rotatable bonds is 1. The maximum absolute atomic E-state index is 13.1. The molecule has 1 aromatic carbocycles. The number of carbonyl (C=O) groups excluding carboxylic acids is 1. The molecule has 0 aromatic heterocycles. The van der Waals surface area contributed by atoms with Crippen molar-refractivity contribution in [1.82, 2.24) is 0 Å². The van der Waals surface area contributed by atoms with Crippen LogP contribution in [0.25, 0.3) is 0 Å². The summed E-state index contributed by atoms with van der Waals surface area (Å²) >= 11 is 9.07. The second-order valence-electron chi connectivity index (χ2n) is 2.43. The average molecular weight is 390 g/mol. The molecule has 0 atom stereocenters. The summed E-state index contributed by atoms with van der Waals surface area (Å²) in [5, 5.41) is 2.40. The summed E-state index contributed by atoms with van der Waals surface area (Å²) in [6, 6.07) is 5.94. The summed E-state index contributed by atoms with van der Waals surface area (Å²) in [5.41, 5.74) is 0.139. The van der Waals surface area contributed by atoms with Crippen LogP contribution in [0.4, 0.5) is 10.1 Å². The van der Waals surface area contributed by atoms with Gasteiger partial charge in [-0.25, -0.2) is 4.39 Å². The maximum Gasteiger partial charge on any atom is 0.263 e. The number of hydrogen-bond donors (Lipinski definition) is 1. The van der Waals surface area contributed by atoms with Gasteiger partial charge in [-0.1, -0.05) is 12.1 Å². The van der Waals surface area contributed by atoms with E-state index in [4.69, 9.17) is 0 Å². The molecule has 0 unspecified atom stereocenters. The van der Waals surface area contributed by atoms with Crippen molar-refractivity contribution < 1.29 is 9.18 Å². The zero-order valence-corrected chi connectivity index (χ0v) is 11.5. The number of anilines is 1. The van der Waals surface area contributed by atoms with E-state index < -0.39 is 13.9 Å². The highest BCUT2D eigenvalue weighted by Crippen LogP contribution is 2.34. The lowest BCUT2D eigenvalue weighted by molar-refractivity contribution is -0.114. The van der Waals surface area contributed by atoms with Crippen molar-refractivity contribution in [3.8, 4) is 0 Å². The molecule has 1 rings (SSSR count). The number of halogens is 4. The number of carbonyl (C=O) groups is 1. The molecule has 6 heteroatoms. The molecule has 0 heterocycles. The molecule has 1 N–H and O–H groups in total. The maximum atomic E-state index is 13.1. The molecule has 2 nitrogen and oxygen atoms in total. The molecular formula is C8H5Br3FNO. The Hall–Kier alpha value is 0.0600. The van der Waals surface area contributed by atoms with Crippen LogP contribution in [0.15, 0.2) is 24.3 Å². The third-order valence-electron chi connectivity index (χ3n) is 1.38. The van der Waals surface area contributed by atoms with Crippen LogP contribution in [0, 0.1) is 5.82 Å². The van der Waals surface area contributed by atoms with Gasteiger partial charge in [-0.15, -0.1) is 0 Å². The second-order valence-corrected chi connectivity index (χ2v) is 9.19.